The summed E-state index contributed by atoms with van der Waals surface area (Å²) in [5, 5.41) is 11.7. The minimum Gasteiger partial charge on any atom is -0.392 e. The van der Waals surface area contributed by atoms with Gasteiger partial charge in [0.25, 0.3) is 5.91 Å². The molecule has 0 spiro atoms. The topological polar surface area (TPSA) is 49.3 Å². The van der Waals surface area contributed by atoms with Gasteiger partial charge in [0.05, 0.1) is 6.10 Å². The van der Waals surface area contributed by atoms with Crippen molar-refractivity contribution in [3.63, 3.8) is 0 Å². The molecule has 16 heavy (non-hydrogen) atoms. The molecule has 1 aromatic carbocycles. The van der Waals surface area contributed by atoms with Gasteiger partial charge in [-0.2, -0.15) is 0 Å². The monoisotopic (exact) mass is 239 g/mol. The van der Waals surface area contributed by atoms with Gasteiger partial charge in [-0.25, -0.2) is 0 Å². The van der Waals surface area contributed by atoms with E-state index in [4.69, 9.17) is 5.11 Å². The lowest BCUT2D eigenvalue weighted by Crippen LogP contribution is -2.30. The van der Waals surface area contributed by atoms with Crippen molar-refractivity contribution >= 4 is 17.7 Å². The van der Waals surface area contributed by atoms with E-state index in [-0.39, 0.29) is 12.5 Å². The van der Waals surface area contributed by atoms with Gasteiger partial charge in [0.2, 0.25) is 0 Å². The molecule has 1 aromatic rings. The zero-order valence-corrected chi connectivity index (χ0v) is 10.4. The summed E-state index contributed by atoms with van der Waals surface area (Å²) in [4.78, 5) is 12.8. The van der Waals surface area contributed by atoms with Gasteiger partial charge in [-0.15, -0.1) is 11.8 Å². The molecule has 0 saturated heterocycles. The molecule has 0 aliphatic carbocycles. The highest BCUT2D eigenvalue weighted by molar-refractivity contribution is 7.99. The second-order valence-electron chi connectivity index (χ2n) is 3.52. The predicted molar refractivity (Wildman–Crippen MR) is 66.9 cm³/mol. The second kappa shape index (κ2) is 6.55. The van der Waals surface area contributed by atoms with Gasteiger partial charge in [-0.05, 0) is 36.9 Å². The number of rotatable bonds is 5. The number of aliphatic hydroxyl groups is 1. The first-order chi connectivity index (χ1) is 7.63. The van der Waals surface area contributed by atoms with Crippen LogP contribution in [0.5, 0.6) is 0 Å². The Bertz CT molecular complexity index is 335. The van der Waals surface area contributed by atoms with Crippen LogP contribution in [0.1, 0.15) is 24.2 Å². The first-order valence-electron chi connectivity index (χ1n) is 5.32. The molecule has 0 aliphatic heterocycles. The molecule has 0 bridgehead atoms. The lowest BCUT2D eigenvalue weighted by atomic mass is 10.2. The van der Waals surface area contributed by atoms with Crippen LogP contribution in [0.15, 0.2) is 29.2 Å². The number of hydrogen-bond acceptors (Lipinski definition) is 3. The lowest BCUT2D eigenvalue weighted by molar-refractivity contribution is 0.0924. The smallest absolute Gasteiger partial charge is 0.251 e. The van der Waals surface area contributed by atoms with E-state index in [1.807, 2.05) is 12.1 Å². The van der Waals surface area contributed by atoms with E-state index >= 15 is 0 Å². The minimum absolute atomic E-state index is 0.144. The standard InChI is InChI=1S/C12H17NO2S/c1-3-16-11-6-4-10(5-7-11)12(15)13-8-9(2)14/h4-7,9,14H,3,8H2,1-2H3,(H,13,15). The lowest BCUT2D eigenvalue weighted by Gasteiger charge is -2.07. The summed E-state index contributed by atoms with van der Waals surface area (Å²) in [7, 11) is 0. The van der Waals surface area contributed by atoms with E-state index in [1.165, 1.54) is 0 Å². The normalized spacial score (nSPS) is 12.2. The molecule has 2 N–H and O–H groups in total. The molecule has 0 heterocycles. The average molecular weight is 239 g/mol. The van der Waals surface area contributed by atoms with Crippen LogP contribution in [0, 0.1) is 0 Å². The van der Waals surface area contributed by atoms with Gasteiger partial charge in [0, 0.05) is 17.0 Å². The largest absolute Gasteiger partial charge is 0.392 e. The molecule has 3 nitrogen and oxygen atoms in total. The number of carbonyl (C=O) groups is 1. The first-order valence-corrected chi connectivity index (χ1v) is 6.31. The van der Waals surface area contributed by atoms with Gasteiger partial charge in [0.15, 0.2) is 0 Å². The Morgan fingerprint density at radius 1 is 1.44 bits per heavy atom. The SMILES string of the molecule is CCSc1ccc(C(=O)NCC(C)O)cc1. The molecular formula is C12H17NO2S. The summed E-state index contributed by atoms with van der Waals surface area (Å²) in [5.41, 5.74) is 0.626. The van der Waals surface area contributed by atoms with Crippen LogP contribution in [0.4, 0.5) is 0 Å². The van der Waals surface area contributed by atoms with Gasteiger partial charge in [0.1, 0.15) is 0 Å². The van der Waals surface area contributed by atoms with Crippen LogP contribution in [0.25, 0.3) is 0 Å². The molecule has 1 atom stereocenters. The van der Waals surface area contributed by atoms with Crippen molar-refractivity contribution < 1.29 is 9.90 Å². The minimum atomic E-state index is -0.515. The number of thioether (sulfide) groups is 1. The number of amides is 1. The Balaban J connectivity index is 2.56. The maximum atomic E-state index is 11.6. The number of benzene rings is 1. The van der Waals surface area contributed by atoms with E-state index in [0.717, 1.165) is 10.6 Å². The van der Waals surface area contributed by atoms with Crippen molar-refractivity contribution in [3.05, 3.63) is 29.8 Å². The Kier molecular flexibility index (Phi) is 5.35. The molecule has 0 radical (unpaired) electrons. The number of nitrogens with one attached hydrogen (secondary N) is 1. The molecule has 4 heteroatoms. The summed E-state index contributed by atoms with van der Waals surface area (Å²) in [5.74, 6) is 0.877. The van der Waals surface area contributed by atoms with E-state index in [0.29, 0.717) is 5.56 Å². The number of hydrogen-bond donors (Lipinski definition) is 2. The van der Waals surface area contributed by atoms with Crippen molar-refractivity contribution in [3.8, 4) is 0 Å². The Labute approximate surface area is 100 Å². The summed E-state index contributed by atoms with van der Waals surface area (Å²) in [6.45, 7) is 4.01. The molecule has 0 aliphatic rings. The molecule has 0 fully saturated rings. The maximum Gasteiger partial charge on any atom is 0.251 e. The van der Waals surface area contributed by atoms with Crippen LogP contribution in [-0.4, -0.2) is 29.4 Å². The van der Waals surface area contributed by atoms with Crippen LogP contribution in [-0.2, 0) is 0 Å². The Morgan fingerprint density at radius 3 is 2.56 bits per heavy atom. The third kappa shape index (κ3) is 4.24. The fraction of sp³-hybridized carbons (Fsp3) is 0.417. The zero-order valence-electron chi connectivity index (χ0n) is 9.56. The van der Waals surface area contributed by atoms with Crippen molar-refractivity contribution in [1.29, 1.82) is 0 Å². The number of aliphatic hydroxyl groups excluding tert-OH is 1. The number of carbonyl (C=O) groups excluding carboxylic acids is 1. The summed E-state index contributed by atoms with van der Waals surface area (Å²) < 4.78 is 0. The van der Waals surface area contributed by atoms with Crippen molar-refractivity contribution in [2.45, 2.75) is 24.8 Å². The van der Waals surface area contributed by atoms with Crippen molar-refractivity contribution in [2.75, 3.05) is 12.3 Å². The van der Waals surface area contributed by atoms with Gasteiger partial charge < -0.3 is 10.4 Å². The molecule has 1 rings (SSSR count). The van der Waals surface area contributed by atoms with Crippen molar-refractivity contribution in [1.82, 2.24) is 5.32 Å². The quantitative estimate of drug-likeness (QED) is 0.772. The third-order valence-electron chi connectivity index (χ3n) is 1.99. The molecule has 88 valence electrons. The Morgan fingerprint density at radius 2 is 2.06 bits per heavy atom. The van der Waals surface area contributed by atoms with Crippen LogP contribution >= 0.6 is 11.8 Å². The van der Waals surface area contributed by atoms with E-state index in [2.05, 4.69) is 12.2 Å². The fourth-order valence-electron chi connectivity index (χ4n) is 1.21. The Hall–Kier alpha value is -1.00. The highest BCUT2D eigenvalue weighted by atomic mass is 32.2. The molecule has 1 unspecified atom stereocenters. The van der Waals surface area contributed by atoms with Crippen LogP contribution in [0.2, 0.25) is 0 Å². The fourth-order valence-corrected chi connectivity index (χ4v) is 1.87. The van der Waals surface area contributed by atoms with E-state index in [9.17, 15) is 4.79 Å². The van der Waals surface area contributed by atoms with Gasteiger partial charge >= 0.3 is 0 Å². The molecule has 0 saturated carbocycles. The van der Waals surface area contributed by atoms with Crippen molar-refractivity contribution in [2.24, 2.45) is 0 Å². The van der Waals surface area contributed by atoms with Crippen LogP contribution < -0.4 is 5.32 Å². The summed E-state index contributed by atoms with van der Waals surface area (Å²) in [6.07, 6.45) is -0.515. The van der Waals surface area contributed by atoms with Crippen LogP contribution in [0.3, 0.4) is 0 Å². The first kappa shape index (κ1) is 13.1. The second-order valence-corrected chi connectivity index (χ2v) is 4.85. The average Bonchev–Trinajstić information content (AvgIpc) is 2.27. The highest BCUT2D eigenvalue weighted by Gasteiger charge is 2.05. The molecular weight excluding hydrogens is 222 g/mol. The highest BCUT2D eigenvalue weighted by Crippen LogP contribution is 2.17. The summed E-state index contributed by atoms with van der Waals surface area (Å²) >= 11 is 1.74. The summed E-state index contributed by atoms with van der Waals surface area (Å²) in [6, 6.07) is 7.47. The zero-order chi connectivity index (χ0) is 12.0. The third-order valence-corrected chi connectivity index (χ3v) is 2.88. The predicted octanol–water partition coefficient (Wildman–Crippen LogP) is 1.91. The van der Waals surface area contributed by atoms with Gasteiger partial charge in [-0.3, -0.25) is 4.79 Å². The van der Waals surface area contributed by atoms with Gasteiger partial charge in [-0.1, -0.05) is 6.92 Å². The molecule has 1 amide bonds. The molecule has 0 aromatic heterocycles. The van der Waals surface area contributed by atoms with E-state index < -0.39 is 6.10 Å². The van der Waals surface area contributed by atoms with E-state index in [1.54, 1.807) is 30.8 Å². The maximum absolute atomic E-state index is 11.6.